The van der Waals surface area contributed by atoms with Crippen molar-refractivity contribution in [3.05, 3.63) is 24.1 Å². The summed E-state index contributed by atoms with van der Waals surface area (Å²) < 4.78 is 5.61. The van der Waals surface area contributed by atoms with Crippen LogP contribution >= 0.6 is 0 Å². The third-order valence-electron chi connectivity index (χ3n) is 4.30. The van der Waals surface area contributed by atoms with E-state index in [1.54, 1.807) is 18.4 Å². The molecule has 6 nitrogen and oxygen atoms in total. The van der Waals surface area contributed by atoms with E-state index in [2.05, 4.69) is 11.8 Å². The highest BCUT2D eigenvalue weighted by Gasteiger charge is 2.24. The lowest BCUT2D eigenvalue weighted by molar-refractivity contribution is -0.145. The van der Waals surface area contributed by atoms with E-state index >= 15 is 0 Å². The molecule has 1 N–H and O–H groups in total. The second kappa shape index (κ2) is 8.72. The monoisotopic (exact) mass is 348 g/mol. The maximum atomic E-state index is 12.3. The van der Waals surface area contributed by atoms with E-state index in [-0.39, 0.29) is 25.0 Å². The minimum atomic E-state index is -0.883. The molecule has 0 aliphatic carbocycles. The predicted octanol–water partition coefficient (Wildman–Crippen LogP) is 1.94. The lowest BCUT2D eigenvalue weighted by Gasteiger charge is -2.26. The largest absolute Gasteiger partial charge is 0.495 e. The molecule has 25 heavy (non-hydrogen) atoms. The van der Waals surface area contributed by atoms with Crippen molar-refractivity contribution < 1.29 is 19.4 Å². The molecule has 0 unspecified atom stereocenters. The first-order valence-corrected chi connectivity index (χ1v) is 8.28. The zero-order chi connectivity index (χ0) is 19.2. The van der Waals surface area contributed by atoms with Crippen LogP contribution in [0.4, 0.5) is 0 Å². The Bertz CT molecular complexity index is 621. The van der Waals surface area contributed by atoms with Crippen molar-refractivity contribution in [3.63, 3.8) is 0 Å². The highest BCUT2D eigenvalue weighted by Crippen LogP contribution is 2.16. The number of carboxylic acids is 1. The predicted molar refractivity (Wildman–Crippen MR) is 96.4 cm³/mol. The molecule has 1 atom stereocenters. The van der Waals surface area contributed by atoms with Gasteiger partial charge in [0.05, 0.1) is 18.0 Å². The Morgan fingerprint density at radius 3 is 2.56 bits per heavy atom. The number of amides is 1. The molecule has 1 aliphatic rings. The summed E-state index contributed by atoms with van der Waals surface area (Å²) in [5.41, 5.74) is -0.406. The van der Waals surface area contributed by atoms with Crippen molar-refractivity contribution in [3.8, 4) is 11.8 Å². The molecule has 1 aliphatic heterocycles. The summed E-state index contributed by atoms with van der Waals surface area (Å²) in [6.45, 7) is 7.88. The van der Waals surface area contributed by atoms with E-state index < -0.39 is 17.4 Å². The van der Waals surface area contributed by atoms with Crippen LogP contribution in [0.3, 0.4) is 0 Å². The van der Waals surface area contributed by atoms with Gasteiger partial charge in [-0.2, -0.15) is 0 Å². The van der Waals surface area contributed by atoms with Gasteiger partial charge in [-0.25, -0.2) is 0 Å². The van der Waals surface area contributed by atoms with Crippen LogP contribution in [0, 0.1) is 23.7 Å². The maximum Gasteiger partial charge on any atom is 0.310 e. The Morgan fingerprint density at radius 1 is 1.40 bits per heavy atom. The number of carboxylic acid groups (broad SMARTS) is 1. The van der Waals surface area contributed by atoms with Gasteiger partial charge in [-0.05, 0) is 51.9 Å². The van der Waals surface area contributed by atoms with Crippen molar-refractivity contribution in [1.82, 2.24) is 9.80 Å². The summed E-state index contributed by atoms with van der Waals surface area (Å²) in [5.74, 6) is 4.36. The van der Waals surface area contributed by atoms with E-state index in [4.69, 9.17) is 4.74 Å². The van der Waals surface area contributed by atoms with Gasteiger partial charge in [-0.1, -0.05) is 19.8 Å². The van der Waals surface area contributed by atoms with Crippen LogP contribution < -0.4 is 0 Å². The average Bonchev–Trinajstić information content (AvgIpc) is 2.52. The van der Waals surface area contributed by atoms with Gasteiger partial charge < -0.3 is 14.7 Å². The highest BCUT2D eigenvalue weighted by molar-refractivity contribution is 5.94. The van der Waals surface area contributed by atoms with Gasteiger partial charge >= 0.3 is 11.9 Å². The Balaban J connectivity index is 2.68. The first-order valence-electron chi connectivity index (χ1n) is 8.28. The molecule has 0 aromatic carbocycles. The molecule has 0 fully saturated rings. The van der Waals surface area contributed by atoms with Crippen molar-refractivity contribution in [2.45, 2.75) is 33.2 Å². The number of carbonyl (C=O) groups is 2. The molecule has 0 aromatic heterocycles. The van der Waals surface area contributed by atoms with Crippen LogP contribution in [0.5, 0.6) is 0 Å². The summed E-state index contributed by atoms with van der Waals surface area (Å²) >= 11 is 0. The molecule has 0 saturated carbocycles. The number of aliphatic carboxylic acids is 1. The zero-order valence-corrected chi connectivity index (χ0v) is 15.9. The Hall–Kier alpha value is -2.26. The van der Waals surface area contributed by atoms with E-state index in [0.29, 0.717) is 5.76 Å². The lowest BCUT2D eigenvalue weighted by atomic mass is 9.97. The molecule has 0 bridgehead atoms. The Morgan fingerprint density at radius 2 is 2.04 bits per heavy atom. The standard InChI is InChI=1S/C19H28N2O4/c1-14(2)16(18(23)24)13-25-15-8-7-11-21(12-15)17(22)9-10-19(3,4)20(5)6/h7-8,11,14,16H,12-13H2,1-6H3,(H,23,24)/t16-/m0/s1. The lowest BCUT2D eigenvalue weighted by Crippen LogP contribution is -2.37. The fourth-order valence-electron chi connectivity index (χ4n) is 1.90. The van der Waals surface area contributed by atoms with Crippen LogP contribution in [-0.4, -0.2) is 59.6 Å². The third kappa shape index (κ3) is 6.28. The molecular formula is C19H28N2O4. The number of ether oxygens (including phenoxy) is 1. The van der Waals surface area contributed by atoms with Gasteiger partial charge in [0.15, 0.2) is 0 Å². The van der Waals surface area contributed by atoms with Crippen molar-refractivity contribution >= 4 is 11.9 Å². The minimum Gasteiger partial charge on any atom is -0.495 e. The first kappa shape index (κ1) is 20.8. The van der Waals surface area contributed by atoms with Crippen LogP contribution in [-0.2, 0) is 14.3 Å². The van der Waals surface area contributed by atoms with Crippen molar-refractivity contribution in [2.24, 2.45) is 11.8 Å². The summed E-state index contributed by atoms with van der Waals surface area (Å²) in [5, 5.41) is 9.20. The number of carbonyl (C=O) groups excluding carboxylic acids is 1. The maximum absolute atomic E-state index is 12.3. The number of hydrogen-bond donors (Lipinski definition) is 1. The van der Waals surface area contributed by atoms with Gasteiger partial charge in [-0.15, -0.1) is 0 Å². The van der Waals surface area contributed by atoms with Gasteiger partial charge in [0.1, 0.15) is 12.4 Å². The Kier molecular flexibility index (Phi) is 7.25. The number of hydrogen-bond acceptors (Lipinski definition) is 4. The van der Waals surface area contributed by atoms with E-state index in [1.165, 1.54) is 4.90 Å². The smallest absolute Gasteiger partial charge is 0.310 e. The molecule has 6 heteroatoms. The fourth-order valence-corrected chi connectivity index (χ4v) is 1.90. The molecule has 1 amide bonds. The number of nitrogens with zero attached hydrogens (tertiary/aromatic N) is 2. The summed E-state index contributed by atoms with van der Waals surface area (Å²) in [6.07, 6.45) is 5.07. The molecule has 0 saturated heterocycles. The van der Waals surface area contributed by atoms with Gasteiger partial charge in [0.25, 0.3) is 0 Å². The average molecular weight is 348 g/mol. The molecule has 138 valence electrons. The molecular weight excluding hydrogens is 320 g/mol. The second-order valence-corrected chi connectivity index (χ2v) is 7.11. The van der Waals surface area contributed by atoms with Gasteiger partial charge in [0.2, 0.25) is 0 Å². The summed E-state index contributed by atoms with van der Waals surface area (Å²) in [7, 11) is 3.81. The molecule has 1 heterocycles. The topological polar surface area (TPSA) is 70.1 Å². The molecule has 0 spiro atoms. The zero-order valence-electron chi connectivity index (χ0n) is 15.9. The van der Waals surface area contributed by atoms with Crippen LogP contribution in [0.2, 0.25) is 0 Å². The van der Waals surface area contributed by atoms with Gasteiger partial charge in [-0.3, -0.25) is 14.5 Å². The SMILES string of the molecule is CC(C)[C@H](COC1=CC=CN(C(=O)C#CC(C)(C)N(C)C)C1)C(=O)O. The minimum absolute atomic E-state index is 0.0332. The third-order valence-corrected chi connectivity index (χ3v) is 4.30. The van der Waals surface area contributed by atoms with E-state index in [9.17, 15) is 14.7 Å². The number of rotatable bonds is 6. The van der Waals surface area contributed by atoms with Crippen LogP contribution in [0.25, 0.3) is 0 Å². The van der Waals surface area contributed by atoms with Crippen LogP contribution in [0.15, 0.2) is 24.1 Å². The molecule has 0 aromatic rings. The van der Waals surface area contributed by atoms with E-state index in [0.717, 1.165) is 0 Å². The molecule has 0 radical (unpaired) electrons. The first-order chi connectivity index (χ1) is 11.5. The summed E-state index contributed by atoms with van der Waals surface area (Å²) in [6, 6.07) is 0. The highest BCUT2D eigenvalue weighted by atomic mass is 16.5. The number of allylic oxidation sites excluding steroid dienone is 2. The normalized spacial score (nSPS) is 15.5. The fraction of sp³-hybridized carbons (Fsp3) is 0.579. The van der Waals surface area contributed by atoms with Crippen molar-refractivity contribution in [2.75, 3.05) is 27.2 Å². The second-order valence-electron chi connectivity index (χ2n) is 7.11. The van der Waals surface area contributed by atoms with Crippen molar-refractivity contribution in [1.29, 1.82) is 0 Å². The quantitative estimate of drug-likeness (QED) is 0.743. The van der Waals surface area contributed by atoms with E-state index in [1.807, 2.05) is 46.7 Å². The summed E-state index contributed by atoms with van der Waals surface area (Å²) in [4.78, 5) is 26.9. The van der Waals surface area contributed by atoms with Gasteiger partial charge in [0, 0.05) is 6.20 Å². The Labute approximate surface area is 150 Å². The molecule has 1 rings (SSSR count). The van der Waals surface area contributed by atoms with Crippen LogP contribution in [0.1, 0.15) is 27.7 Å².